The molecular weight excluding hydrogens is 448 g/mol. The van der Waals surface area contributed by atoms with Gasteiger partial charge in [-0.05, 0) is 29.8 Å². The minimum Gasteiger partial charge on any atom is -0.507 e. The van der Waals surface area contributed by atoms with Crippen molar-refractivity contribution in [3.8, 4) is 17.2 Å². The zero-order chi connectivity index (χ0) is 24.1. The molecule has 2 aromatic carbocycles. The SMILES string of the molecule is O=C(NCc1ccc(OC(F)F)cc1)c1c(O)cccc1O[C@@H]1O[C@H](CO)[C@@H](O)[C@H](O)[C@H]1O. The van der Waals surface area contributed by atoms with E-state index in [0.29, 0.717) is 5.56 Å². The Labute approximate surface area is 186 Å². The smallest absolute Gasteiger partial charge is 0.387 e. The number of aliphatic hydroxyl groups excluding tert-OH is 4. The molecular formula is C21H23F2NO9. The number of aromatic hydroxyl groups is 1. The first kappa shape index (κ1) is 24.6. The van der Waals surface area contributed by atoms with Crippen LogP contribution in [0.5, 0.6) is 17.2 Å². The second-order valence-corrected chi connectivity index (χ2v) is 7.17. The number of rotatable bonds is 8. The molecule has 5 atom stereocenters. The Morgan fingerprint density at radius 1 is 1.06 bits per heavy atom. The van der Waals surface area contributed by atoms with Gasteiger partial charge in [0.05, 0.1) is 6.61 Å². The number of carbonyl (C=O) groups excluding carboxylic acids is 1. The Balaban J connectivity index is 1.71. The van der Waals surface area contributed by atoms with E-state index in [1.54, 1.807) is 0 Å². The number of hydrogen-bond donors (Lipinski definition) is 6. The second-order valence-electron chi connectivity index (χ2n) is 7.17. The number of hydrogen-bond acceptors (Lipinski definition) is 9. The van der Waals surface area contributed by atoms with Gasteiger partial charge >= 0.3 is 6.61 Å². The molecule has 0 aromatic heterocycles. The molecule has 1 heterocycles. The average Bonchev–Trinajstić information content (AvgIpc) is 2.78. The van der Waals surface area contributed by atoms with E-state index in [4.69, 9.17) is 9.47 Å². The topological polar surface area (TPSA) is 158 Å². The Bertz CT molecular complexity index is 942. The molecule has 0 radical (unpaired) electrons. The van der Waals surface area contributed by atoms with E-state index >= 15 is 0 Å². The zero-order valence-electron chi connectivity index (χ0n) is 17.0. The summed E-state index contributed by atoms with van der Waals surface area (Å²) in [5.41, 5.74) is 0.254. The first-order chi connectivity index (χ1) is 15.7. The van der Waals surface area contributed by atoms with Crippen LogP contribution in [0.3, 0.4) is 0 Å². The van der Waals surface area contributed by atoms with Gasteiger partial charge in [-0.2, -0.15) is 8.78 Å². The van der Waals surface area contributed by atoms with Gasteiger partial charge in [-0.15, -0.1) is 0 Å². The summed E-state index contributed by atoms with van der Waals surface area (Å²) >= 11 is 0. The molecule has 180 valence electrons. The molecule has 0 bridgehead atoms. The number of ether oxygens (including phenoxy) is 3. The normalized spacial score (nSPS) is 25.0. The molecule has 1 aliphatic rings. The Hall–Kier alpha value is -3.03. The molecule has 2 aromatic rings. The summed E-state index contributed by atoms with van der Waals surface area (Å²) in [6.07, 6.45) is -7.77. The lowest BCUT2D eigenvalue weighted by atomic mass is 9.99. The van der Waals surface area contributed by atoms with E-state index in [1.165, 1.54) is 42.5 Å². The maximum absolute atomic E-state index is 12.7. The van der Waals surface area contributed by atoms with E-state index in [9.17, 15) is 39.1 Å². The van der Waals surface area contributed by atoms with Gasteiger partial charge in [0.15, 0.2) is 0 Å². The number of carbonyl (C=O) groups is 1. The molecule has 1 saturated heterocycles. The van der Waals surface area contributed by atoms with Crippen LogP contribution in [0.4, 0.5) is 8.78 Å². The van der Waals surface area contributed by atoms with Gasteiger partial charge in [0.2, 0.25) is 6.29 Å². The van der Waals surface area contributed by atoms with Crippen LogP contribution in [0.15, 0.2) is 42.5 Å². The van der Waals surface area contributed by atoms with Crippen molar-refractivity contribution < 1.29 is 53.3 Å². The molecule has 1 amide bonds. The molecule has 0 saturated carbocycles. The third-order valence-electron chi connectivity index (χ3n) is 4.92. The van der Waals surface area contributed by atoms with Crippen LogP contribution >= 0.6 is 0 Å². The van der Waals surface area contributed by atoms with Crippen molar-refractivity contribution in [1.82, 2.24) is 5.32 Å². The van der Waals surface area contributed by atoms with Crippen molar-refractivity contribution in [2.24, 2.45) is 0 Å². The fourth-order valence-corrected chi connectivity index (χ4v) is 3.20. The van der Waals surface area contributed by atoms with Crippen LogP contribution in [0.25, 0.3) is 0 Å². The quantitative estimate of drug-likeness (QED) is 0.314. The lowest BCUT2D eigenvalue weighted by Gasteiger charge is -2.39. The molecule has 0 aliphatic carbocycles. The van der Waals surface area contributed by atoms with Crippen LogP contribution in [0.1, 0.15) is 15.9 Å². The van der Waals surface area contributed by atoms with Gasteiger partial charge in [-0.1, -0.05) is 18.2 Å². The largest absolute Gasteiger partial charge is 0.507 e. The number of benzene rings is 2. The van der Waals surface area contributed by atoms with E-state index in [-0.39, 0.29) is 23.6 Å². The van der Waals surface area contributed by atoms with Crippen LogP contribution in [-0.4, -0.2) is 75.4 Å². The summed E-state index contributed by atoms with van der Waals surface area (Å²) in [6.45, 7) is -3.65. The number of halogens is 2. The maximum atomic E-state index is 12.7. The van der Waals surface area contributed by atoms with Crippen molar-refractivity contribution >= 4 is 5.91 Å². The summed E-state index contributed by atoms with van der Waals surface area (Å²) in [7, 11) is 0. The molecule has 3 rings (SSSR count). The van der Waals surface area contributed by atoms with Crippen LogP contribution in [0, 0.1) is 0 Å². The molecule has 1 aliphatic heterocycles. The molecule has 0 unspecified atom stereocenters. The van der Waals surface area contributed by atoms with Crippen molar-refractivity contribution in [1.29, 1.82) is 0 Å². The monoisotopic (exact) mass is 471 g/mol. The van der Waals surface area contributed by atoms with Crippen molar-refractivity contribution in [3.63, 3.8) is 0 Å². The Kier molecular flexibility index (Phi) is 8.00. The highest BCUT2D eigenvalue weighted by atomic mass is 19.3. The molecule has 12 heteroatoms. The summed E-state index contributed by atoms with van der Waals surface area (Å²) in [4.78, 5) is 12.7. The van der Waals surface area contributed by atoms with Gasteiger partial charge in [0.1, 0.15) is 47.2 Å². The van der Waals surface area contributed by atoms with E-state index in [0.717, 1.165) is 0 Å². The average molecular weight is 471 g/mol. The van der Waals surface area contributed by atoms with Gasteiger partial charge in [-0.3, -0.25) is 4.79 Å². The van der Waals surface area contributed by atoms with E-state index in [2.05, 4.69) is 10.1 Å². The van der Waals surface area contributed by atoms with Crippen molar-refractivity contribution in [3.05, 3.63) is 53.6 Å². The summed E-state index contributed by atoms with van der Waals surface area (Å²) in [5, 5.41) is 52.0. The molecule has 6 N–H and O–H groups in total. The van der Waals surface area contributed by atoms with Gasteiger partial charge in [-0.25, -0.2) is 0 Å². The van der Waals surface area contributed by atoms with E-state index < -0.39 is 55.6 Å². The fourth-order valence-electron chi connectivity index (χ4n) is 3.20. The maximum Gasteiger partial charge on any atom is 0.387 e. The Morgan fingerprint density at radius 2 is 1.76 bits per heavy atom. The molecule has 10 nitrogen and oxygen atoms in total. The van der Waals surface area contributed by atoms with Crippen LogP contribution in [0.2, 0.25) is 0 Å². The standard InChI is InChI=1S/C21H23F2NO9/c22-21(23)31-11-6-4-10(5-7-11)8-24-19(30)15-12(26)2-1-3-13(15)32-20-18(29)17(28)16(27)14(9-25)33-20/h1-7,14,16-18,20-21,25-29H,8-9H2,(H,24,30)/t14-,16-,17+,18-,20-/m1/s1. The summed E-state index contributed by atoms with van der Waals surface area (Å²) < 4.78 is 39.5. The summed E-state index contributed by atoms with van der Waals surface area (Å²) in [5.74, 6) is -1.45. The Morgan fingerprint density at radius 3 is 2.39 bits per heavy atom. The zero-order valence-corrected chi connectivity index (χ0v) is 17.0. The van der Waals surface area contributed by atoms with Gasteiger partial charge in [0, 0.05) is 6.54 Å². The number of amides is 1. The third-order valence-corrected chi connectivity index (χ3v) is 4.92. The second kappa shape index (κ2) is 10.7. The molecule has 33 heavy (non-hydrogen) atoms. The lowest BCUT2D eigenvalue weighted by molar-refractivity contribution is -0.277. The lowest BCUT2D eigenvalue weighted by Crippen LogP contribution is -2.60. The minimum atomic E-state index is -2.96. The fraction of sp³-hybridized carbons (Fsp3) is 0.381. The highest BCUT2D eigenvalue weighted by molar-refractivity contribution is 5.99. The highest BCUT2D eigenvalue weighted by Gasteiger charge is 2.45. The van der Waals surface area contributed by atoms with Gasteiger partial charge < -0.3 is 45.1 Å². The first-order valence-corrected chi connectivity index (χ1v) is 9.82. The van der Waals surface area contributed by atoms with Crippen molar-refractivity contribution in [2.45, 2.75) is 43.9 Å². The predicted molar refractivity (Wildman–Crippen MR) is 107 cm³/mol. The van der Waals surface area contributed by atoms with Crippen LogP contribution in [-0.2, 0) is 11.3 Å². The molecule has 0 spiro atoms. The number of alkyl halides is 2. The third kappa shape index (κ3) is 5.86. The number of aliphatic hydroxyl groups is 4. The highest BCUT2D eigenvalue weighted by Crippen LogP contribution is 2.31. The van der Waals surface area contributed by atoms with Gasteiger partial charge in [0.25, 0.3) is 5.91 Å². The first-order valence-electron chi connectivity index (χ1n) is 9.82. The number of nitrogens with one attached hydrogen (secondary N) is 1. The predicted octanol–water partition coefficient (Wildman–Crippen LogP) is 0.102. The number of phenolic OH excluding ortho intramolecular Hbond substituents is 1. The van der Waals surface area contributed by atoms with Crippen molar-refractivity contribution in [2.75, 3.05) is 6.61 Å². The number of phenols is 1. The minimum absolute atomic E-state index is 0.0262. The summed E-state index contributed by atoms with van der Waals surface area (Å²) in [6, 6.07) is 9.45. The molecule has 1 fully saturated rings. The van der Waals surface area contributed by atoms with Crippen LogP contribution < -0.4 is 14.8 Å². The van der Waals surface area contributed by atoms with E-state index in [1.807, 2.05) is 0 Å².